The van der Waals surface area contributed by atoms with E-state index < -0.39 is 0 Å². The van der Waals surface area contributed by atoms with E-state index in [1.807, 2.05) is 0 Å². The molecule has 0 atom stereocenters. The van der Waals surface area contributed by atoms with Crippen LogP contribution in [0.1, 0.15) is 18.3 Å². The molecule has 0 amide bonds. The predicted molar refractivity (Wildman–Crippen MR) is 51.4 cm³/mol. The van der Waals surface area contributed by atoms with Crippen LogP contribution in [0.5, 0.6) is 0 Å². The Kier molecular flexibility index (Phi) is 3.34. The zero-order chi connectivity index (χ0) is 8.97. The van der Waals surface area contributed by atoms with E-state index in [2.05, 4.69) is 16.9 Å². The lowest BCUT2D eigenvalue weighted by Crippen LogP contribution is -2.12. The summed E-state index contributed by atoms with van der Waals surface area (Å²) in [5, 5.41) is 0. The largest absolute Gasteiger partial charge is 0.310 e. The van der Waals surface area contributed by atoms with Gasteiger partial charge in [-0.2, -0.15) is 11.8 Å². The molecular weight excluding hydrogens is 172 g/mol. The molecule has 0 bridgehead atoms. The number of thioether (sulfide) groups is 1. The van der Waals surface area contributed by atoms with Crippen LogP contribution in [0.15, 0.2) is 11.0 Å². The molecule has 0 saturated carbocycles. The molecule has 1 heterocycles. The summed E-state index contributed by atoms with van der Waals surface area (Å²) in [5.41, 5.74) is 0.636. The maximum absolute atomic E-state index is 11.1. The number of rotatable bonds is 3. The number of hydrogen-bond donors (Lipinski definition) is 1. The molecule has 12 heavy (non-hydrogen) atoms. The number of H-pyrrole nitrogens is 1. The highest BCUT2D eigenvalue weighted by Gasteiger charge is 1.96. The van der Waals surface area contributed by atoms with Crippen LogP contribution in [0.3, 0.4) is 0 Å². The molecule has 0 fully saturated rings. The highest BCUT2D eigenvalue weighted by atomic mass is 32.2. The van der Waals surface area contributed by atoms with Gasteiger partial charge >= 0.3 is 0 Å². The first-order valence-corrected chi connectivity index (χ1v) is 5.02. The second kappa shape index (κ2) is 4.30. The maximum atomic E-state index is 11.1. The summed E-state index contributed by atoms with van der Waals surface area (Å²) in [6.07, 6.45) is 1.62. The van der Waals surface area contributed by atoms with Crippen LogP contribution in [-0.2, 0) is 5.75 Å². The number of nitrogens with one attached hydrogen (secondary N) is 1. The van der Waals surface area contributed by atoms with E-state index in [9.17, 15) is 4.79 Å². The molecule has 66 valence electrons. The first-order chi connectivity index (χ1) is 5.74. The first-order valence-electron chi connectivity index (χ1n) is 3.86. The quantitative estimate of drug-likeness (QED) is 0.771. The van der Waals surface area contributed by atoms with Gasteiger partial charge in [-0.15, -0.1) is 0 Å². The van der Waals surface area contributed by atoms with Crippen LogP contribution in [0.2, 0.25) is 0 Å². The highest BCUT2D eigenvalue weighted by Crippen LogP contribution is 2.05. The van der Waals surface area contributed by atoms with Gasteiger partial charge in [-0.25, -0.2) is 4.98 Å². The molecule has 0 aliphatic carbocycles. The van der Waals surface area contributed by atoms with Crippen molar-refractivity contribution in [2.75, 3.05) is 5.75 Å². The van der Waals surface area contributed by atoms with E-state index in [1.165, 1.54) is 0 Å². The number of hydrogen-bond acceptors (Lipinski definition) is 3. The maximum Gasteiger partial charge on any atom is 0.253 e. The fourth-order valence-electron chi connectivity index (χ4n) is 0.767. The second-order valence-corrected chi connectivity index (χ2v) is 3.75. The summed E-state index contributed by atoms with van der Waals surface area (Å²) >= 11 is 1.74. The van der Waals surface area contributed by atoms with Gasteiger partial charge in [0.2, 0.25) is 0 Å². The number of aromatic amines is 1. The van der Waals surface area contributed by atoms with Gasteiger partial charge in [-0.1, -0.05) is 6.92 Å². The Hall–Kier alpha value is -0.770. The summed E-state index contributed by atoms with van der Waals surface area (Å²) in [4.78, 5) is 17.9. The third kappa shape index (κ3) is 2.37. The van der Waals surface area contributed by atoms with Crippen molar-refractivity contribution < 1.29 is 0 Å². The Bertz CT molecular complexity index is 308. The molecule has 0 radical (unpaired) electrons. The third-order valence-electron chi connectivity index (χ3n) is 1.47. The van der Waals surface area contributed by atoms with Gasteiger partial charge in [0.15, 0.2) is 0 Å². The minimum atomic E-state index is -0.0308. The Labute approximate surface area is 75.6 Å². The summed E-state index contributed by atoms with van der Waals surface area (Å²) < 4.78 is 0. The Morgan fingerprint density at radius 1 is 1.67 bits per heavy atom. The highest BCUT2D eigenvalue weighted by molar-refractivity contribution is 7.98. The fourth-order valence-corrected chi connectivity index (χ4v) is 1.31. The molecule has 0 spiro atoms. The predicted octanol–water partition coefficient (Wildman–Crippen LogP) is 1.33. The molecule has 1 rings (SSSR count). The minimum Gasteiger partial charge on any atom is -0.310 e. The van der Waals surface area contributed by atoms with Gasteiger partial charge in [0.05, 0.1) is 5.75 Å². The molecule has 0 aromatic carbocycles. The van der Waals surface area contributed by atoms with Crippen molar-refractivity contribution in [3.8, 4) is 0 Å². The summed E-state index contributed by atoms with van der Waals surface area (Å²) in [6.45, 7) is 3.83. The van der Waals surface area contributed by atoms with Crippen LogP contribution in [0.25, 0.3) is 0 Å². The molecule has 1 aromatic rings. The van der Waals surface area contributed by atoms with Gasteiger partial charge in [-0.3, -0.25) is 4.79 Å². The summed E-state index contributed by atoms with van der Waals surface area (Å²) in [6, 6.07) is 0. The molecule has 0 aliphatic rings. The second-order valence-electron chi connectivity index (χ2n) is 2.48. The van der Waals surface area contributed by atoms with E-state index in [0.717, 1.165) is 17.3 Å². The Morgan fingerprint density at radius 3 is 3.00 bits per heavy atom. The number of aryl methyl sites for hydroxylation is 1. The van der Waals surface area contributed by atoms with Crippen molar-refractivity contribution in [3.63, 3.8) is 0 Å². The average Bonchev–Trinajstić information content (AvgIpc) is 2.07. The lowest BCUT2D eigenvalue weighted by molar-refractivity contribution is 0.979. The van der Waals surface area contributed by atoms with Gasteiger partial charge in [0, 0.05) is 11.8 Å². The normalized spacial score (nSPS) is 10.2. The molecular formula is C8H12N2OS. The van der Waals surface area contributed by atoms with Crippen molar-refractivity contribution in [3.05, 3.63) is 27.9 Å². The average molecular weight is 184 g/mol. The lowest BCUT2D eigenvalue weighted by atomic mass is 10.4. The zero-order valence-corrected chi connectivity index (χ0v) is 8.07. The van der Waals surface area contributed by atoms with Gasteiger partial charge in [0.25, 0.3) is 5.56 Å². The van der Waals surface area contributed by atoms with Crippen molar-refractivity contribution in [1.29, 1.82) is 0 Å². The van der Waals surface area contributed by atoms with E-state index in [0.29, 0.717) is 5.56 Å². The fraction of sp³-hybridized carbons (Fsp3) is 0.500. The SMILES string of the molecule is CCSCc1ncc(C)c(=O)[nH]1. The number of nitrogens with zero attached hydrogens (tertiary/aromatic N) is 1. The van der Waals surface area contributed by atoms with Crippen LogP contribution in [-0.4, -0.2) is 15.7 Å². The van der Waals surface area contributed by atoms with Crippen LogP contribution in [0.4, 0.5) is 0 Å². The van der Waals surface area contributed by atoms with Gasteiger partial charge in [0.1, 0.15) is 5.82 Å². The Balaban J connectivity index is 2.76. The van der Waals surface area contributed by atoms with E-state index in [-0.39, 0.29) is 5.56 Å². The molecule has 0 unspecified atom stereocenters. The summed E-state index contributed by atoms with van der Waals surface area (Å²) in [7, 11) is 0. The zero-order valence-electron chi connectivity index (χ0n) is 7.26. The lowest BCUT2D eigenvalue weighted by Gasteiger charge is -1.98. The van der Waals surface area contributed by atoms with Gasteiger partial charge in [-0.05, 0) is 12.7 Å². The van der Waals surface area contributed by atoms with Crippen molar-refractivity contribution in [2.45, 2.75) is 19.6 Å². The minimum absolute atomic E-state index is 0.0308. The van der Waals surface area contributed by atoms with E-state index in [1.54, 1.807) is 24.9 Å². The molecule has 1 aromatic heterocycles. The van der Waals surface area contributed by atoms with Crippen molar-refractivity contribution >= 4 is 11.8 Å². The Morgan fingerprint density at radius 2 is 2.42 bits per heavy atom. The molecule has 4 heteroatoms. The van der Waals surface area contributed by atoms with Crippen molar-refractivity contribution in [2.24, 2.45) is 0 Å². The van der Waals surface area contributed by atoms with E-state index >= 15 is 0 Å². The first kappa shape index (κ1) is 9.32. The van der Waals surface area contributed by atoms with Crippen LogP contribution in [0, 0.1) is 6.92 Å². The summed E-state index contributed by atoms with van der Waals surface area (Å²) in [5.74, 6) is 2.58. The molecule has 3 nitrogen and oxygen atoms in total. The van der Waals surface area contributed by atoms with E-state index in [4.69, 9.17) is 0 Å². The molecule has 0 aliphatic heterocycles. The number of aromatic nitrogens is 2. The van der Waals surface area contributed by atoms with Crippen LogP contribution < -0.4 is 5.56 Å². The van der Waals surface area contributed by atoms with Crippen LogP contribution >= 0.6 is 11.8 Å². The van der Waals surface area contributed by atoms with Gasteiger partial charge < -0.3 is 4.98 Å². The monoisotopic (exact) mass is 184 g/mol. The molecule has 1 N–H and O–H groups in total. The topological polar surface area (TPSA) is 45.8 Å². The molecule has 0 saturated heterocycles. The third-order valence-corrected chi connectivity index (χ3v) is 2.36. The standard InChI is InChI=1S/C8H12N2OS/c1-3-12-5-7-9-4-6(2)8(11)10-7/h4H,3,5H2,1-2H3,(H,9,10,11). The van der Waals surface area contributed by atoms with Crippen molar-refractivity contribution in [1.82, 2.24) is 9.97 Å². The smallest absolute Gasteiger partial charge is 0.253 e.